The Morgan fingerprint density at radius 1 is 1.33 bits per heavy atom. The summed E-state index contributed by atoms with van der Waals surface area (Å²) >= 11 is 0. The van der Waals surface area contributed by atoms with E-state index in [-0.39, 0.29) is 11.4 Å². The van der Waals surface area contributed by atoms with E-state index in [4.69, 9.17) is 5.53 Å². The number of aromatic hydroxyl groups is 1. The second-order valence-corrected chi connectivity index (χ2v) is 3.57. The molecule has 0 aromatic heterocycles. The van der Waals surface area contributed by atoms with Crippen LogP contribution in [0.5, 0.6) is 5.75 Å². The third-order valence-corrected chi connectivity index (χ3v) is 2.52. The Hall–Kier alpha value is -2.76. The highest BCUT2D eigenvalue weighted by atomic mass is 16.3. The number of amides is 2. The van der Waals surface area contributed by atoms with Crippen molar-refractivity contribution in [3.63, 3.8) is 0 Å². The van der Waals surface area contributed by atoms with Crippen LogP contribution in [0.2, 0.25) is 0 Å². The van der Waals surface area contributed by atoms with Crippen molar-refractivity contribution in [2.24, 2.45) is 5.11 Å². The number of phenols is 1. The summed E-state index contributed by atoms with van der Waals surface area (Å²) in [5.74, 6) is -0.243. The average molecular weight is 243 g/mol. The molecule has 3 N–H and O–H groups in total. The maximum absolute atomic E-state index is 11.1. The number of urea groups is 1. The van der Waals surface area contributed by atoms with Crippen molar-refractivity contribution in [3.05, 3.63) is 35.9 Å². The standard InChI is InChI=1S/C12H9N3O3/c13-15-12(18)14-11-9-4-2-1-3-8(9)7(6-16)5-10(11)17/h1-6,13,17H,(H,14,18). The van der Waals surface area contributed by atoms with E-state index >= 15 is 0 Å². The van der Waals surface area contributed by atoms with Crippen molar-refractivity contribution < 1.29 is 14.7 Å². The lowest BCUT2D eigenvalue weighted by atomic mass is 10.0. The molecule has 0 aliphatic carbocycles. The average Bonchev–Trinajstić information content (AvgIpc) is 2.41. The van der Waals surface area contributed by atoms with E-state index < -0.39 is 6.03 Å². The summed E-state index contributed by atoms with van der Waals surface area (Å²) < 4.78 is 0. The highest BCUT2D eigenvalue weighted by Gasteiger charge is 2.13. The highest BCUT2D eigenvalue weighted by Crippen LogP contribution is 2.34. The summed E-state index contributed by atoms with van der Waals surface area (Å²) in [6.07, 6.45) is 0.627. The summed E-state index contributed by atoms with van der Waals surface area (Å²) in [5, 5.41) is 15.9. The van der Waals surface area contributed by atoms with Crippen molar-refractivity contribution >= 4 is 28.8 Å². The van der Waals surface area contributed by atoms with Gasteiger partial charge in [0.25, 0.3) is 0 Å². The molecule has 0 aliphatic heterocycles. The first-order chi connectivity index (χ1) is 8.67. The van der Waals surface area contributed by atoms with Gasteiger partial charge in [-0.3, -0.25) is 4.79 Å². The van der Waals surface area contributed by atoms with Gasteiger partial charge in [-0.1, -0.05) is 29.4 Å². The molecule has 0 radical (unpaired) electrons. The summed E-state index contributed by atoms with van der Waals surface area (Å²) in [5.41, 5.74) is 7.05. The molecule has 0 atom stereocenters. The fourth-order valence-electron chi connectivity index (χ4n) is 1.75. The van der Waals surface area contributed by atoms with Gasteiger partial charge in [0.05, 0.1) is 5.69 Å². The number of rotatable bonds is 2. The lowest BCUT2D eigenvalue weighted by Gasteiger charge is -2.10. The van der Waals surface area contributed by atoms with Crippen LogP contribution >= 0.6 is 0 Å². The number of fused-ring (bicyclic) bond motifs is 1. The molecule has 6 nitrogen and oxygen atoms in total. The maximum atomic E-state index is 11.1. The number of nitrogens with zero attached hydrogens (tertiary/aromatic N) is 1. The lowest BCUT2D eigenvalue weighted by Crippen LogP contribution is -2.06. The van der Waals surface area contributed by atoms with Crippen molar-refractivity contribution in [2.75, 3.05) is 5.32 Å². The molecule has 90 valence electrons. The minimum absolute atomic E-state index is 0.136. The zero-order valence-corrected chi connectivity index (χ0v) is 9.18. The number of nitrogens with one attached hydrogen (secondary N) is 2. The third-order valence-electron chi connectivity index (χ3n) is 2.52. The first-order valence-corrected chi connectivity index (χ1v) is 5.05. The fraction of sp³-hybridized carbons (Fsp3) is 0. The van der Waals surface area contributed by atoms with Crippen molar-refractivity contribution in [2.45, 2.75) is 0 Å². The Bertz CT molecular complexity index is 652. The van der Waals surface area contributed by atoms with E-state index in [0.717, 1.165) is 0 Å². The number of phenolic OH excluding ortho intramolecular Hbond substituents is 1. The van der Waals surface area contributed by atoms with Crippen LogP contribution in [0.3, 0.4) is 0 Å². The lowest BCUT2D eigenvalue weighted by molar-refractivity contribution is 0.112. The monoisotopic (exact) mass is 243 g/mol. The smallest absolute Gasteiger partial charge is 0.363 e. The number of benzene rings is 2. The van der Waals surface area contributed by atoms with Crippen LogP contribution in [-0.4, -0.2) is 17.4 Å². The zero-order valence-electron chi connectivity index (χ0n) is 9.18. The van der Waals surface area contributed by atoms with Crippen molar-refractivity contribution in [3.8, 4) is 5.75 Å². The van der Waals surface area contributed by atoms with Crippen LogP contribution in [0.4, 0.5) is 10.5 Å². The van der Waals surface area contributed by atoms with Gasteiger partial charge in [0.1, 0.15) is 5.75 Å². The number of carbonyl (C=O) groups excluding carboxylic acids is 2. The molecule has 0 fully saturated rings. The maximum Gasteiger partial charge on any atom is 0.363 e. The summed E-state index contributed by atoms with van der Waals surface area (Å²) in [6, 6.07) is 7.17. The van der Waals surface area contributed by atoms with Crippen molar-refractivity contribution in [1.82, 2.24) is 0 Å². The third kappa shape index (κ3) is 1.91. The first kappa shape index (κ1) is 11.7. The molecule has 2 rings (SSSR count). The van der Waals surface area contributed by atoms with Crippen LogP contribution in [0.25, 0.3) is 10.8 Å². The van der Waals surface area contributed by atoms with E-state index in [1.165, 1.54) is 6.07 Å². The van der Waals surface area contributed by atoms with E-state index in [2.05, 4.69) is 10.4 Å². The molecule has 0 heterocycles. The molecule has 0 unspecified atom stereocenters. The predicted octanol–water partition coefficient (Wildman–Crippen LogP) is 2.92. The minimum Gasteiger partial charge on any atom is -0.506 e. The molecule has 0 bridgehead atoms. The summed E-state index contributed by atoms with van der Waals surface area (Å²) in [4.78, 5) is 22.0. The van der Waals surface area contributed by atoms with Crippen LogP contribution in [0.1, 0.15) is 10.4 Å². The molecular weight excluding hydrogens is 234 g/mol. The van der Waals surface area contributed by atoms with E-state index in [1.54, 1.807) is 24.3 Å². The molecule has 0 aliphatic rings. The number of anilines is 1. The molecule has 18 heavy (non-hydrogen) atoms. The second-order valence-electron chi connectivity index (χ2n) is 3.57. The number of hydrogen-bond donors (Lipinski definition) is 3. The first-order valence-electron chi connectivity index (χ1n) is 5.05. The van der Waals surface area contributed by atoms with Gasteiger partial charge in [-0.05, 0) is 11.5 Å². The summed E-state index contributed by atoms with van der Waals surface area (Å²) in [7, 11) is 0. The van der Waals surface area contributed by atoms with Gasteiger partial charge in [-0.15, -0.1) is 0 Å². The zero-order chi connectivity index (χ0) is 13.1. The van der Waals surface area contributed by atoms with E-state index in [0.29, 0.717) is 22.6 Å². The van der Waals surface area contributed by atoms with Gasteiger partial charge in [0, 0.05) is 10.9 Å². The minimum atomic E-state index is -0.894. The normalized spacial score (nSPS) is 10.0. The Morgan fingerprint density at radius 3 is 2.61 bits per heavy atom. The van der Waals surface area contributed by atoms with Crippen LogP contribution in [0, 0.1) is 5.53 Å². The predicted molar refractivity (Wildman–Crippen MR) is 65.2 cm³/mol. The molecule has 6 heteroatoms. The van der Waals surface area contributed by atoms with Gasteiger partial charge >= 0.3 is 6.03 Å². The largest absolute Gasteiger partial charge is 0.506 e. The SMILES string of the molecule is N=NC(=O)Nc1c(O)cc(C=O)c2ccccc12. The van der Waals surface area contributed by atoms with Crippen LogP contribution < -0.4 is 5.32 Å². The molecule has 0 saturated carbocycles. The van der Waals surface area contributed by atoms with Gasteiger partial charge in [0.15, 0.2) is 6.29 Å². The second kappa shape index (κ2) is 4.62. The molecule has 2 aromatic rings. The Morgan fingerprint density at radius 2 is 2.00 bits per heavy atom. The number of carbonyl (C=O) groups is 2. The molecule has 2 amide bonds. The van der Waals surface area contributed by atoms with E-state index in [1.807, 2.05) is 0 Å². The highest BCUT2D eigenvalue weighted by molar-refractivity contribution is 6.09. The van der Waals surface area contributed by atoms with E-state index in [9.17, 15) is 14.7 Å². The van der Waals surface area contributed by atoms with Crippen molar-refractivity contribution in [1.29, 1.82) is 5.53 Å². The topological polar surface area (TPSA) is 103 Å². The van der Waals surface area contributed by atoms with Gasteiger partial charge in [-0.2, -0.15) is 5.53 Å². The van der Waals surface area contributed by atoms with Gasteiger partial charge in [-0.25, -0.2) is 4.79 Å². The number of aldehydes is 1. The van der Waals surface area contributed by atoms with Crippen LogP contribution in [-0.2, 0) is 0 Å². The molecular formula is C12H9N3O3. The molecule has 2 aromatic carbocycles. The van der Waals surface area contributed by atoms with Crippen LogP contribution in [0.15, 0.2) is 35.4 Å². The quantitative estimate of drug-likeness (QED) is 0.429. The van der Waals surface area contributed by atoms with Gasteiger partial charge < -0.3 is 10.4 Å². The fourth-order valence-corrected chi connectivity index (χ4v) is 1.75. The number of hydrogen-bond acceptors (Lipinski definition) is 4. The molecule has 0 saturated heterocycles. The van der Waals surface area contributed by atoms with Gasteiger partial charge in [0.2, 0.25) is 0 Å². The summed E-state index contributed by atoms with van der Waals surface area (Å²) in [6.45, 7) is 0. The Kier molecular flexibility index (Phi) is 3.01. The Balaban J connectivity index is 2.73. The Labute approximate surface area is 102 Å². The molecule has 0 spiro atoms.